The number of fused-ring (bicyclic) bond motifs is 4. The molecule has 3 heteroatoms. The van der Waals surface area contributed by atoms with Crippen LogP contribution in [0.5, 0.6) is 0 Å². The molecule has 0 aromatic heterocycles. The maximum atomic E-state index is 9.39. The van der Waals surface area contributed by atoms with Crippen molar-refractivity contribution in [3.05, 3.63) is 126 Å². The predicted octanol–water partition coefficient (Wildman–Crippen LogP) is 8.67. The van der Waals surface area contributed by atoms with Crippen LogP contribution in [-0.2, 0) is 10.8 Å². The molecule has 0 radical (unpaired) electrons. The number of nitrogens with zero attached hydrogens (tertiary/aromatic N) is 2. The van der Waals surface area contributed by atoms with Gasteiger partial charge < -0.3 is 9.80 Å². The molecule has 5 aromatic carbocycles. The van der Waals surface area contributed by atoms with Crippen LogP contribution in [0.2, 0.25) is 0 Å². The highest BCUT2D eigenvalue weighted by molar-refractivity contribution is 7.00. The highest BCUT2D eigenvalue weighted by atomic mass is 15.2. The molecule has 0 saturated carbocycles. The Bertz CT molecular complexity index is 2280. The van der Waals surface area contributed by atoms with Gasteiger partial charge >= 0.3 is 0 Å². The summed E-state index contributed by atoms with van der Waals surface area (Å²) in [6.45, 7) is 14.2. The van der Waals surface area contributed by atoms with E-state index in [0.29, 0.717) is 11.2 Å². The summed E-state index contributed by atoms with van der Waals surface area (Å²) in [5.74, 6) is 0. The van der Waals surface area contributed by atoms with Gasteiger partial charge in [-0.25, -0.2) is 0 Å². The Morgan fingerprint density at radius 1 is 0.548 bits per heavy atom. The maximum absolute atomic E-state index is 9.39. The minimum absolute atomic E-state index is 0.0646. The van der Waals surface area contributed by atoms with Crippen LogP contribution in [0.15, 0.2) is 109 Å². The van der Waals surface area contributed by atoms with Crippen molar-refractivity contribution in [3.63, 3.8) is 0 Å². The van der Waals surface area contributed by atoms with E-state index in [2.05, 4.69) is 95.0 Å². The molecule has 2 aliphatic rings. The van der Waals surface area contributed by atoms with E-state index < -0.39 is 49.0 Å². The van der Waals surface area contributed by atoms with E-state index in [0.717, 1.165) is 39.1 Å². The van der Waals surface area contributed by atoms with Gasteiger partial charge in [0.1, 0.15) is 0 Å². The Kier molecular flexibility index (Phi) is 4.10. The van der Waals surface area contributed by atoms with Crippen molar-refractivity contribution < 1.29 is 12.3 Å². The van der Waals surface area contributed by atoms with Gasteiger partial charge in [-0.3, -0.25) is 0 Å². The Morgan fingerprint density at radius 3 is 1.76 bits per heavy atom. The molecule has 2 nitrogen and oxygen atoms in total. The molecule has 5 aromatic rings. The maximum Gasteiger partial charge on any atom is 0.252 e. The van der Waals surface area contributed by atoms with Crippen LogP contribution in [0.1, 0.15) is 70.6 Å². The van der Waals surface area contributed by atoms with Crippen molar-refractivity contribution in [1.82, 2.24) is 0 Å². The molecular weight excluding hydrogens is 507 g/mol. The monoisotopic (exact) mass is 555 g/mol. The number of hydrogen-bond donors (Lipinski definition) is 0. The van der Waals surface area contributed by atoms with E-state index in [-0.39, 0.29) is 34.3 Å². The molecule has 0 saturated heterocycles. The van der Waals surface area contributed by atoms with Crippen LogP contribution in [0.4, 0.5) is 34.1 Å². The van der Waals surface area contributed by atoms with Crippen LogP contribution in [0.3, 0.4) is 0 Å². The summed E-state index contributed by atoms with van der Waals surface area (Å²) >= 11 is 0. The second kappa shape index (κ2) is 9.39. The van der Waals surface area contributed by atoms with Gasteiger partial charge in [-0.1, -0.05) is 102 Å². The molecule has 0 amide bonds. The van der Waals surface area contributed by atoms with Gasteiger partial charge in [0, 0.05) is 34.1 Å². The number of rotatable bonds is 2. The molecule has 2 heterocycles. The zero-order valence-electron chi connectivity index (χ0n) is 34.2. The zero-order valence-corrected chi connectivity index (χ0v) is 25.2. The average molecular weight is 556 g/mol. The van der Waals surface area contributed by atoms with E-state index in [1.54, 1.807) is 0 Å². The van der Waals surface area contributed by atoms with Gasteiger partial charge in [-0.2, -0.15) is 0 Å². The first kappa shape index (κ1) is 18.3. The highest BCUT2D eigenvalue weighted by Gasteiger charge is 2.43. The Labute approximate surface area is 264 Å². The van der Waals surface area contributed by atoms with Crippen molar-refractivity contribution in [2.75, 3.05) is 9.80 Å². The Balaban J connectivity index is 1.67. The fourth-order valence-corrected chi connectivity index (χ4v) is 6.26. The fraction of sp³-hybridized carbons (Fsp3) is 0.231. The van der Waals surface area contributed by atoms with Crippen molar-refractivity contribution in [2.45, 2.75) is 59.3 Å². The predicted molar refractivity (Wildman–Crippen MR) is 183 cm³/mol. The molecule has 0 atom stereocenters. The SMILES string of the molecule is [2H]c1c([2H])c([2H])c(N2c3cc(C)cc4c3B(c3cc(C(C)(C)C)ccc3N4c3ccc(C(C)(C)C)cc3)c3c([2H])c([2H])c([2H])c([2H])c32)c([2H])c1[2H]. The quantitative estimate of drug-likeness (QED) is 0.197. The third-order valence-corrected chi connectivity index (χ3v) is 8.41. The van der Waals surface area contributed by atoms with Crippen LogP contribution < -0.4 is 26.2 Å². The van der Waals surface area contributed by atoms with Gasteiger partial charge in [0.05, 0.1) is 12.3 Å². The van der Waals surface area contributed by atoms with E-state index in [1.165, 1.54) is 10.5 Å². The smallest absolute Gasteiger partial charge is 0.252 e. The van der Waals surface area contributed by atoms with Gasteiger partial charge in [-0.05, 0) is 99.3 Å². The standard InChI is InChI=1S/C39H39BN2/c1-26-23-35-37-36(24-26)42(30-20-17-27(18-21-30)38(2,3)4)34-22-19-28(39(5,6)7)25-32(34)40(37)31-15-11-12-16-33(31)41(35)29-13-9-8-10-14-29/h8-25H,1-7H3/i8D,9D,10D,11D,12D,13D,14D,15D,16D. The fourth-order valence-electron chi connectivity index (χ4n) is 6.26. The molecule has 208 valence electrons. The van der Waals surface area contributed by atoms with Crippen molar-refractivity contribution >= 4 is 57.2 Å². The van der Waals surface area contributed by atoms with E-state index in [1.807, 2.05) is 13.0 Å². The van der Waals surface area contributed by atoms with E-state index >= 15 is 0 Å². The van der Waals surface area contributed by atoms with Crippen molar-refractivity contribution in [1.29, 1.82) is 0 Å². The molecule has 0 spiro atoms. The first-order chi connectivity index (χ1) is 23.7. The van der Waals surface area contributed by atoms with Gasteiger partial charge in [0.25, 0.3) is 6.71 Å². The topological polar surface area (TPSA) is 6.48 Å². The second-order valence-corrected chi connectivity index (χ2v) is 13.4. The van der Waals surface area contributed by atoms with Gasteiger partial charge in [0.2, 0.25) is 0 Å². The van der Waals surface area contributed by atoms with Gasteiger partial charge in [0.15, 0.2) is 0 Å². The summed E-state index contributed by atoms with van der Waals surface area (Å²) in [7, 11) is 0. The molecule has 0 N–H and O–H groups in total. The molecule has 0 fully saturated rings. The summed E-state index contributed by atoms with van der Waals surface area (Å²) in [6.07, 6.45) is 0. The van der Waals surface area contributed by atoms with Crippen LogP contribution in [0, 0.1) is 6.92 Å². The minimum Gasteiger partial charge on any atom is -0.311 e. The normalized spacial score (nSPS) is 16.9. The van der Waals surface area contributed by atoms with Crippen molar-refractivity contribution in [2.24, 2.45) is 0 Å². The highest BCUT2D eigenvalue weighted by Crippen LogP contribution is 2.45. The first-order valence-corrected chi connectivity index (χ1v) is 14.4. The lowest BCUT2D eigenvalue weighted by molar-refractivity contribution is 0.590. The lowest BCUT2D eigenvalue weighted by Gasteiger charge is -2.44. The number of aryl methyl sites for hydroxylation is 1. The lowest BCUT2D eigenvalue weighted by atomic mass is 9.33. The van der Waals surface area contributed by atoms with Gasteiger partial charge in [-0.15, -0.1) is 0 Å². The number of para-hydroxylation sites is 2. The zero-order chi connectivity index (χ0) is 37.2. The van der Waals surface area contributed by atoms with Crippen LogP contribution in [-0.4, -0.2) is 6.71 Å². The molecule has 0 aliphatic carbocycles. The third-order valence-electron chi connectivity index (χ3n) is 8.41. The molecule has 0 bridgehead atoms. The summed E-state index contributed by atoms with van der Waals surface area (Å²) in [4.78, 5) is 3.66. The lowest BCUT2D eigenvalue weighted by Crippen LogP contribution is -2.61. The molecule has 2 aliphatic heterocycles. The average Bonchev–Trinajstić information content (AvgIpc) is 3.07. The summed E-state index contributed by atoms with van der Waals surface area (Å²) in [5, 5.41) is 0. The van der Waals surface area contributed by atoms with E-state index in [4.69, 9.17) is 9.60 Å². The largest absolute Gasteiger partial charge is 0.311 e. The summed E-state index contributed by atoms with van der Waals surface area (Å²) in [5.41, 5.74) is 7.57. The summed E-state index contributed by atoms with van der Waals surface area (Å²) in [6, 6.07) is 14.7. The molecule has 7 rings (SSSR count). The number of anilines is 6. The Morgan fingerprint density at radius 2 is 1.12 bits per heavy atom. The number of hydrogen-bond acceptors (Lipinski definition) is 2. The van der Waals surface area contributed by atoms with Crippen LogP contribution >= 0.6 is 0 Å². The summed E-state index contributed by atoms with van der Waals surface area (Å²) < 4.78 is 79.7. The first-order valence-electron chi connectivity index (χ1n) is 18.9. The van der Waals surface area contributed by atoms with Crippen LogP contribution in [0.25, 0.3) is 0 Å². The molecule has 0 unspecified atom stereocenters. The third kappa shape index (κ3) is 4.17. The van der Waals surface area contributed by atoms with Crippen molar-refractivity contribution in [3.8, 4) is 0 Å². The molecular formula is C39H39BN2. The minimum atomic E-state index is -0.657. The Hall–Kier alpha value is -4.24. The number of benzene rings is 5. The van der Waals surface area contributed by atoms with E-state index in [9.17, 15) is 2.74 Å². The second-order valence-electron chi connectivity index (χ2n) is 13.4. The molecule has 42 heavy (non-hydrogen) atoms.